The number of methoxy groups -OCH3 is 1. The number of nitrogens with one attached hydrogen (secondary N) is 1. The number of ether oxygens (including phenoxy) is 1. The number of H-pyrrole nitrogens is 1. The summed E-state index contributed by atoms with van der Waals surface area (Å²) in [5.41, 5.74) is 3.20. The molecule has 0 amide bonds. The summed E-state index contributed by atoms with van der Waals surface area (Å²) in [5, 5.41) is 4.54. The van der Waals surface area contributed by atoms with E-state index in [2.05, 4.69) is 20.1 Å². The lowest BCUT2D eigenvalue weighted by Gasteiger charge is -2.04. The van der Waals surface area contributed by atoms with Gasteiger partial charge >= 0.3 is 0 Å². The zero-order valence-corrected chi connectivity index (χ0v) is 16.7. The van der Waals surface area contributed by atoms with E-state index in [0.29, 0.717) is 28.3 Å². The molecule has 0 aliphatic carbocycles. The lowest BCUT2D eigenvalue weighted by atomic mass is 10.1. The highest BCUT2D eigenvalue weighted by atomic mass is 32.2. The summed E-state index contributed by atoms with van der Waals surface area (Å²) >= 11 is 1.33. The molecule has 8 heteroatoms. The van der Waals surface area contributed by atoms with Crippen molar-refractivity contribution in [1.29, 1.82) is 0 Å². The smallest absolute Gasteiger partial charge is 0.252 e. The molecule has 7 nitrogen and oxygen atoms in total. The molecule has 0 spiro atoms. The molecule has 0 aliphatic rings. The molecular weight excluding hydrogens is 388 g/mol. The monoisotopic (exact) mass is 406 g/mol. The van der Waals surface area contributed by atoms with Crippen LogP contribution < -0.4 is 10.3 Å². The summed E-state index contributed by atoms with van der Waals surface area (Å²) in [4.78, 5) is 23.8. The Hall–Kier alpha value is -3.39. The van der Waals surface area contributed by atoms with Gasteiger partial charge in [0.15, 0.2) is 5.16 Å². The van der Waals surface area contributed by atoms with Crippen LogP contribution in [0.2, 0.25) is 0 Å². The molecule has 146 valence electrons. The molecule has 2 aromatic heterocycles. The van der Waals surface area contributed by atoms with Crippen molar-refractivity contribution in [2.75, 3.05) is 7.11 Å². The molecule has 2 heterocycles. The topological polar surface area (TPSA) is 93.9 Å². The molecule has 2 aromatic carbocycles. The molecule has 0 bridgehead atoms. The highest BCUT2D eigenvalue weighted by Gasteiger charge is 2.12. The predicted molar refractivity (Wildman–Crippen MR) is 111 cm³/mol. The van der Waals surface area contributed by atoms with Gasteiger partial charge in [0.2, 0.25) is 11.7 Å². The zero-order valence-electron chi connectivity index (χ0n) is 15.9. The minimum absolute atomic E-state index is 0.223. The second-order valence-corrected chi connectivity index (χ2v) is 7.24. The minimum atomic E-state index is -0.223. The fraction of sp³-hybridized carbons (Fsp3) is 0.143. The fourth-order valence-corrected chi connectivity index (χ4v) is 3.50. The van der Waals surface area contributed by atoms with E-state index < -0.39 is 0 Å². The molecule has 0 atom stereocenters. The van der Waals surface area contributed by atoms with Gasteiger partial charge in [-0.1, -0.05) is 41.2 Å². The van der Waals surface area contributed by atoms with E-state index in [0.717, 1.165) is 22.4 Å². The van der Waals surface area contributed by atoms with Crippen LogP contribution in [0.25, 0.3) is 22.6 Å². The van der Waals surface area contributed by atoms with Gasteiger partial charge in [0, 0.05) is 17.2 Å². The minimum Gasteiger partial charge on any atom is -0.497 e. The van der Waals surface area contributed by atoms with Gasteiger partial charge in [-0.3, -0.25) is 4.79 Å². The van der Waals surface area contributed by atoms with Crippen molar-refractivity contribution in [2.45, 2.75) is 17.8 Å². The Bertz CT molecular complexity index is 1190. The van der Waals surface area contributed by atoms with Crippen molar-refractivity contribution in [3.8, 4) is 28.4 Å². The molecular formula is C21H18N4O3S. The van der Waals surface area contributed by atoms with Crippen LogP contribution in [-0.4, -0.2) is 27.2 Å². The molecule has 0 unspecified atom stereocenters. The number of thioether (sulfide) groups is 1. The maximum atomic E-state index is 12.1. The summed E-state index contributed by atoms with van der Waals surface area (Å²) in [6.07, 6.45) is 0. The van der Waals surface area contributed by atoms with Crippen LogP contribution in [0.3, 0.4) is 0 Å². The quantitative estimate of drug-likeness (QED) is 0.381. The largest absolute Gasteiger partial charge is 0.497 e. The molecule has 4 rings (SSSR count). The van der Waals surface area contributed by atoms with Crippen LogP contribution >= 0.6 is 11.8 Å². The number of nitrogens with zero attached hydrogens (tertiary/aromatic N) is 3. The maximum absolute atomic E-state index is 12.1. The summed E-state index contributed by atoms with van der Waals surface area (Å²) in [7, 11) is 1.61. The number of hydrogen-bond acceptors (Lipinski definition) is 7. The molecule has 29 heavy (non-hydrogen) atoms. The van der Waals surface area contributed by atoms with Gasteiger partial charge < -0.3 is 14.2 Å². The standard InChI is InChI=1S/C21H18N4O3S/c1-13-5-3-4-6-16(13)20-24-19(28-25-20)12-29-21-22-17(11-18(26)23-21)14-7-9-15(27-2)10-8-14/h3-11H,12H2,1-2H3,(H,22,23,26). The van der Waals surface area contributed by atoms with Crippen LogP contribution in [0, 0.1) is 6.92 Å². The van der Waals surface area contributed by atoms with Crippen molar-refractivity contribution in [3.05, 3.63) is 76.4 Å². The summed E-state index contributed by atoms with van der Waals surface area (Å²) in [6.45, 7) is 2.00. The highest BCUT2D eigenvalue weighted by Crippen LogP contribution is 2.25. The third-order valence-corrected chi connectivity index (χ3v) is 5.15. The summed E-state index contributed by atoms with van der Waals surface area (Å²) in [6, 6.07) is 16.7. The SMILES string of the molecule is COc1ccc(-c2cc(=O)[nH]c(SCc3nc(-c4ccccc4C)no3)n2)cc1. The first-order valence-electron chi connectivity index (χ1n) is 8.89. The third kappa shape index (κ3) is 4.38. The summed E-state index contributed by atoms with van der Waals surface area (Å²) in [5.74, 6) is 2.15. The number of aromatic nitrogens is 4. The average molecular weight is 406 g/mol. The Morgan fingerprint density at radius 3 is 2.66 bits per heavy atom. The van der Waals surface area contributed by atoms with Crippen LogP contribution in [0.1, 0.15) is 11.5 Å². The van der Waals surface area contributed by atoms with Gasteiger partial charge in [-0.15, -0.1) is 0 Å². The Morgan fingerprint density at radius 1 is 1.10 bits per heavy atom. The molecule has 0 fully saturated rings. The Kier molecular flexibility index (Phi) is 5.44. The molecule has 1 N–H and O–H groups in total. The van der Waals surface area contributed by atoms with E-state index in [1.165, 1.54) is 17.8 Å². The molecule has 0 radical (unpaired) electrons. The lowest BCUT2D eigenvalue weighted by molar-refractivity contribution is 0.391. The number of aromatic amines is 1. The first kappa shape index (κ1) is 18.9. The maximum Gasteiger partial charge on any atom is 0.252 e. The van der Waals surface area contributed by atoms with Crippen LogP contribution in [0.5, 0.6) is 5.75 Å². The number of benzene rings is 2. The Labute approximate surface area is 171 Å². The first-order chi connectivity index (χ1) is 14.1. The molecule has 0 saturated carbocycles. The zero-order chi connectivity index (χ0) is 20.2. The van der Waals surface area contributed by atoms with Crippen LogP contribution in [0.15, 0.2) is 69.1 Å². The van der Waals surface area contributed by atoms with Gasteiger partial charge in [0.05, 0.1) is 18.6 Å². The Balaban J connectivity index is 1.51. The van der Waals surface area contributed by atoms with Gasteiger partial charge in [-0.2, -0.15) is 4.98 Å². The predicted octanol–water partition coefficient (Wildman–Crippen LogP) is 4.10. The lowest BCUT2D eigenvalue weighted by Crippen LogP contribution is -2.08. The van der Waals surface area contributed by atoms with Gasteiger partial charge in [0.25, 0.3) is 5.56 Å². The van der Waals surface area contributed by atoms with Crippen molar-refractivity contribution < 1.29 is 9.26 Å². The third-order valence-electron chi connectivity index (χ3n) is 4.29. The second-order valence-electron chi connectivity index (χ2n) is 6.28. The first-order valence-corrected chi connectivity index (χ1v) is 9.88. The van der Waals surface area contributed by atoms with E-state index in [1.54, 1.807) is 7.11 Å². The van der Waals surface area contributed by atoms with E-state index in [4.69, 9.17) is 9.26 Å². The van der Waals surface area contributed by atoms with E-state index in [1.807, 2.05) is 55.5 Å². The highest BCUT2D eigenvalue weighted by molar-refractivity contribution is 7.98. The number of rotatable bonds is 6. The molecule has 0 aliphatic heterocycles. The van der Waals surface area contributed by atoms with Crippen LogP contribution in [0.4, 0.5) is 0 Å². The van der Waals surface area contributed by atoms with E-state index in [-0.39, 0.29) is 5.56 Å². The number of aryl methyl sites for hydroxylation is 1. The van der Waals surface area contributed by atoms with Crippen molar-refractivity contribution in [2.24, 2.45) is 0 Å². The van der Waals surface area contributed by atoms with Crippen LogP contribution in [-0.2, 0) is 5.75 Å². The second kappa shape index (κ2) is 8.32. The van der Waals surface area contributed by atoms with E-state index in [9.17, 15) is 4.79 Å². The fourth-order valence-electron chi connectivity index (χ4n) is 2.79. The Morgan fingerprint density at radius 2 is 1.90 bits per heavy atom. The molecule has 4 aromatic rings. The van der Waals surface area contributed by atoms with E-state index >= 15 is 0 Å². The average Bonchev–Trinajstić information content (AvgIpc) is 3.21. The van der Waals surface area contributed by atoms with Gasteiger partial charge in [-0.05, 0) is 36.8 Å². The van der Waals surface area contributed by atoms with Gasteiger partial charge in [-0.25, -0.2) is 4.98 Å². The van der Waals surface area contributed by atoms with Crippen molar-refractivity contribution >= 4 is 11.8 Å². The molecule has 0 saturated heterocycles. The summed E-state index contributed by atoms with van der Waals surface area (Å²) < 4.78 is 10.5. The normalized spacial score (nSPS) is 10.8. The van der Waals surface area contributed by atoms with Crippen molar-refractivity contribution in [3.63, 3.8) is 0 Å². The number of hydrogen-bond donors (Lipinski definition) is 1. The van der Waals surface area contributed by atoms with Crippen molar-refractivity contribution in [1.82, 2.24) is 20.1 Å². The van der Waals surface area contributed by atoms with Gasteiger partial charge in [0.1, 0.15) is 5.75 Å².